The summed E-state index contributed by atoms with van der Waals surface area (Å²) in [7, 11) is 0. The summed E-state index contributed by atoms with van der Waals surface area (Å²) >= 11 is 0. The van der Waals surface area contributed by atoms with E-state index >= 15 is 0 Å². The number of hydrogen-bond acceptors (Lipinski definition) is 4. The van der Waals surface area contributed by atoms with Gasteiger partial charge in [-0.1, -0.05) is 76.5 Å². The molecule has 0 aromatic heterocycles. The first-order valence-electron chi connectivity index (χ1n) is 11.1. The van der Waals surface area contributed by atoms with Crippen molar-refractivity contribution in [1.82, 2.24) is 10.7 Å². The zero-order chi connectivity index (χ0) is 22.0. The molecule has 6 nitrogen and oxygen atoms in total. The molecule has 0 saturated carbocycles. The normalized spacial score (nSPS) is 10.8. The Labute approximate surface area is 180 Å². The lowest BCUT2D eigenvalue weighted by Crippen LogP contribution is -2.34. The van der Waals surface area contributed by atoms with Gasteiger partial charge >= 0.3 is 0 Å². The number of aromatic hydroxyl groups is 1. The SMILES string of the molecule is C=CCc1cccc(/C=N/NC(=O)CNC(=O)CCCCCCCCCCC)c1O. The second-order valence-electron chi connectivity index (χ2n) is 7.50. The number of phenols is 1. The van der Waals surface area contributed by atoms with Gasteiger partial charge in [-0.15, -0.1) is 6.58 Å². The molecule has 0 aliphatic rings. The second-order valence-corrected chi connectivity index (χ2v) is 7.50. The summed E-state index contributed by atoms with van der Waals surface area (Å²) < 4.78 is 0. The Hall–Kier alpha value is -2.63. The molecule has 3 N–H and O–H groups in total. The number of para-hydroxylation sites is 1. The van der Waals surface area contributed by atoms with Crippen LogP contribution in [0.4, 0.5) is 0 Å². The van der Waals surface area contributed by atoms with Crippen molar-refractivity contribution in [3.05, 3.63) is 42.0 Å². The number of carbonyl (C=O) groups is 2. The first kappa shape index (κ1) is 25.4. The van der Waals surface area contributed by atoms with Crippen molar-refractivity contribution in [2.45, 2.75) is 77.6 Å². The average Bonchev–Trinajstić information content (AvgIpc) is 2.74. The van der Waals surface area contributed by atoms with Crippen LogP contribution in [0.3, 0.4) is 0 Å². The van der Waals surface area contributed by atoms with E-state index in [2.05, 4.69) is 29.3 Å². The third kappa shape index (κ3) is 11.4. The fraction of sp³-hybridized carbons (Fsp3) is 0.542. The number of hydrogen-bond donors (Lipinski definition) is 3. The number of hydrazone groups is 1. The monoisotopic (exact) mass is 415 g/mol. The van der Waals surface area contributed by atoms with Gasteiger partial charge in [0, 0.05) is 12.0 Å². The van der Waals surface area contributed by atoms with Gasteiger partial charge in [0.15, 0.2) is 0 Å². The highest BCUT2D eigenvalue weighted by atomic mass is 16.3. The van der Waals surface area contributed by atoms with E-state index in [1.54, 1.807) is 24.3 Å². The molecule has 1 aromatic carbocycles. The molecule has 30 heavy (non-hydrogen) atoms. The predicted octanol–water partition coefficient (Wildman–Crippen LogP) is 4.61. The summed E-state index contributed by atoms with van der Waals surface area (Å²) in [5.41, 5.74) is 3.60. The first-order valence-corrected chi connectivity index (χ1v) is 11.1. The highest BCUT2D eigenvalue weighted by molar-refractivity contribution is 5.87. The Morgan fingerprint density at radius 1 is 1.03 bits per heavy atom. The van der Waals surface area contributed by atoms with Gasteiger partial charge in [0.1, 0.15) is 5.75 Å². The number of rotatable bonds is 16. The summed E-state index contributed by atoms with van der Waals surface area (Å²) in [6, 6.07) is 5.30. The molecule has 0 aliphatic heterocycles. The van der Waals surface area contributed by atoms with E-state index < -0.39 is 5.91 Å². The molecule has 1 rings (SSSR count). The predicted molar refractivity (Wildman–Crippen MR) is 123 cm³/mol. The average molecular weight is 416 g/mol. The first-order chi connectivity index (χ1) is 14.6. The van der Waals surface area contributed by atoms with Crippen LogP contribution in [0.2, 0.25) is 0 Å². The Balaban J connectivity index is 2.15. The summed E-state index contributed by atoms with van der Waals surface area (Å²) in [4.78, 5) is 23.6. The van der Waals surface area contributed by atoms with Crippen molar-refractivity contribution in [3.63, 3.8) is 0 Å². The van der Waals surface area contributed by atoms with Gasteiger partial charge in [-0.25, -0.2) is 5.43 Å². The highest BCUT2D eigenvalue weighted by Gasteiger charge is 2.06. The number of amides is 2. The van der Waals surface area contributed by atoms with Gasteiger partial charge in [0.2, 0.25) is 5.91 Å². The summed E-state index contributed by atoms with van der Waals surface area (Å²) in [6.07, 6.45) is 14.9. The molecule has 0 saturated heterocycles. The molecule has 0 spiro atoms. The van der Waals surface area contributed by atoms with E-state index in [1.165, 1.54) is 44.7 Å². The Bertz CT molecular complexity index is 686. The van der Waals surface area contributed by atoms with Crippen molar-refractivity contribution in [3.8, 4) is 5.75 Å². The number of phenolic OH excluding ortho intramolecular Hbond substituents is 1. The third-order valence-electron chi connectivity index (χ3n) is 4.86. The fourth-order valence-corrected chi connectivity index (χ4v) is 3.11. The molecule has 2 amide bonds. The van der Waals surface area contributed by atoms with Crippen molar-refractivity contribution >= 4 is 18.0 Å². The van der Waals surface area contributed by atoms with Gasteiger partial charge in [0.25, 0.3) is 5.91 Å². The maximum absolute atomic E-state index is 11.8. The quantitative estimate of drug-likeness (QED) is 0.159. The molecule has 0 unspecified atom stereocenters. The van der Waals surface area contributed by atoms with Gasteiger partial charge in [-0.2, -0.15) is 5.10 Å². The van der Waals surface area contributed by atoms with E-state index in [0.717, 1.165) is 24.8 Å². The lowest BCUT2D eigenvalue weighted by atomic mass is 10.1. The summed E-state index contributed by atoms with van der Waals surface area (Å²) in [5.74, 6) is -0.412. The lowest BCUT2D eigenvalue weighted by molar-refractivity contribution is -0.126. The Morgan fingerprint density at radius 2 is 1.70 bits per heavy atom. The van der Waals surface area contributed by atoms with Crippen molar-refractivity contribution in [1.29, 1.82) is 0 Å². The van der Waals surface area contributed by atoms with Crippen LogP contribution in [-0.2, 0) is 16.0 Å². The van der Waals surface area contributed by atoms with Gasteiger partial charge in [-0.3, -0.25) is 9.59 Å². The second kappa shape index (κ2) is 16.2. The highest BCUT2D eigenvalue weighted by Crippen LogP contribution is 2.21. The molecule has 0 fully saturated rings. The van der Waals surface area contributed by atoms with Crippen molar-refractivity contribution in [2.24, 2.45) is 5.10 Å². The minimum absolute atomic E-state index is 0.115. The van der Waals surface area contributed by atoms with E-state index in [0.29, 0.717) is 18.4 Å². The van der Waals surface area contributed by atoms with Crippen LogP contribution in [0, 0.1) is 0 Å². The number of carbonyl (C=O) groups excluding carboxylic acids is 2. The van der Waals surface area contributed by atoms with Crippen LogP contribution in [0.1, 0.15) is 82.3 Å². The van der Waals surface area contributed by atoms with Gasteiger partial charge in [0.05, 0.1) is 12.8 Å². The molecule has 0 bridgehead atoms. The topological polar surface area (TPSA) is 90.8 Å². The molecular weight excluding hydrogens is 378 g/mol. The van der Waals surface area contributed by atoms with Crippen molar-refractivity contribution < 1.29 is 14.7 Å². The Morgan fingerprint density at radius 3 is 2.37 bits per heavy atom. The van der Waals surface area contributed by atoms with Crippen LogP contribution in [0.25, 0.3) is 0 Å². The fourth-order valence-electron chi connectivity index (χ4n) is 3.11. The van der Waals surface area contributed by atoms with E-state index in [-0.39, 0.29) is 18.2 Å². The zero-order valence-corrected chi connectivity index (χ0v) is 18.3. The number of unbranched alkanes of at least 4 members (excludes halogenated alkanes) is 8. The van der Waals surface area contributed by atoms with Crippen LogP contribution in [0.5, 0.6) is 5.75 Å². The maximum Gasteiger partial charge on any atom is 0.259 e. The summed E-state index contributed by atoms with van der Waals surface area (Å²) in [5, 5.41) is 16.6. The molecule has 0 radical (unpaired) electrons. The molecule has 0 aliphatic carbocycles. The van der Waals surface area contributed by atoms with E-state index in [4.69, 9.17) is 0 Å². The van der Waals surface area contributed by atoms with Crippen LogP contribution >= 0.6 is 0 Å². The molecule has 0 atom stereocenters. The smallest absolute Gasteiger partial charge is 0.259 e. The standard InChI is InChI=1S/C24H37N3O3/c1-3-5-6-7-8-9-10-11-12-17-22(28)25-19-23(29)27-26-18-21-16-13-15-20(14-4-2)24(21)30/h4,13,15-16,18,30H,2-3,5-12,14,17,19H2,1H3,(H,25,28)(H,27,29)/b26-18+. The Kier molecular flexibility index (Phi) is 13.7. The van der Waals surface area contributed by atoms with E-state index in [9.17, 15) is 14.7 Å². The molecule has 1 aromatic rings. The molecular formula is C24H37N3O3. The minimum atomic E-state index is -0.409. The minimum Gasteiger partial charge on any atom is -0.507 e. The number of nitrogens with one attached hydrogen (secondary N) is 2. The van der Waals surface area contributed by atoms with E-state index in [1.807, 2.05) is 0 Å². The largest absolute Gasteiger partial charge is 0.507 e. The van der Waals surface area contributed by atoms with Crippen LogP contribution in [0.15, 0.2) is 36.0 Å². The van der Waals surface area contributed by atoms with Crippen LogP contribution in [-0.4, -0.2) is 29.7 Å². The van der Waals surface area contributed by atoms with Gasteiger partial charge < -0.3 is 10.4 Å². The number of benzene rings is 1. The number of nitrogens with zero attached hydrogens (tertiary/aromatic N) is 1. The van der Waals surface area contributed by atoms with Crippen molar-refractivity contribution in [2.75, 3.05) is 6.54 Å². The van der Waals surface area contributed by atoms with Crippen LogP contribution < -0.4 is 10.7 Å². The molecule has 6 heteroatoms. The van der Waals surface area contributed by atoms with Gasteiger partial charge in [-0.05, 0) is 24.5 Å². The molecule has 0 heterocycles. The summed E-state index contributed by atoms with van der Waals surface area (Å²) in [6.45, 7) is 5.76. The third-order valence-corrected chi connectivity index (χ3v) is 4.86. The molecule has 166 valence electrons. The number of allylic oxidation sites excluding steroid dienone is 1. The maximum atomic E-state index is 11.8. The lowest BCUT2D eigenvalue weighted by Gasteiger charge is -2.06. The zero-order valence-electron chi connectivity index (χ0n) is 18.3.